The van der Waals surface area contributed by atoms with Crippen LogP contribution in [-0.2, 0) is 16.1 Å². The topological polar surface area (TPSA) is 55.4 Å². The summed E-state index contributed by atoms with van der Waals surface area (Å²) in [5.41, 5.74) is 3.20. The first-order valence-electron chi connectivity index (χ1n) is 9.20. The first-order chi connectivity index (χ1) is 11.7. The second-order valence-electron chi connectivity index (χ2n) is 8.15. The lowest BCUT2D eigenvalue weighted by molar-refractivity contribution is -0.126. The maximum atomic E-state index is 11.7. The smallest absolute Gasteiger partial charge is 0.408 e. The minimum absolute atomic E-state index is 0.0967. The molecule has 4 saturated carbocycles. The fraction of sp³-hybridized carbons (Fsp3) is 0.600. The zero-order valence-electron chi connectivity index (χ0n) is 13.8. The van der Waals surface area contributed by atoms with Crippen molar-refractivity contribution in [1.82, 2.24) is 5.32 Å². The Labute approximate surface area is 142 Å². The third-order valence-electron chi connectivity index (χ3n) is 7.07. The van der Waals surface area contributed by atoms with Crippen LogP contribution in [0.3, 0.4) is 0 Å². The summed E-state index contributed by atoms with van der Waals surface area (Å²) in [6.45, 7) is 0.257. The Hall–Kier alpha value is -1.84. The Kier molecular flexibility index (Phi) is 3.07. The van der Waals surface area contributed by atoms with Crippen molar-refractivity contribution in [1.29, 1.82) is 0 Å². The maximum Gasteiger partial charge on any atom is 0.408 e. The molecule has 4 unspecified atom stereocenters. The molecule has 4 aliphatic carbocycles. The first-order valence-corrected chi connectivity index (χ1v) is 9.20. The monoisotopic (exact) mass is 325 g/mol. The number of Topliss-reactive ketones (excluding diaryl/α,β-unsaturated/α-hetero) is 1. The number of ketones is 1. The molecule has 1 aromatic rings. The molecule has 5 rings (SSSR count). The van der Waals surface area contributed by atoms with Crippen LogP contribution in [0.4, 0.5) is 4.79 Å². The number of alkyl carbamates (subject to hydrolysis) is 1. The fourth-order valence-corrected chi connectivity index (χ4v) is 5.41. The highest BCUT2D eigenvalue weighted by Crippen LogP contribution is 2.79. The number of carbonyl (C=O) groups excluding carboxylic acids is 2. The predicted octanol–water partition coefficient (Wildman–Crippen LogP) is 3.55. The molecule has 126 valence electrons. The van der Waals surface area contributed by atoms with Crippen LogP contribution >= 0.6 is 0 Å². The molecular formula is C20H23NO3. The summed E-state index contributed by atoms with van der Waals surface area (Å²) in [4.78, 5) is 22.9. The summed E-state index contributed by atoms with van der Waals surface area (Å²) in [5.74, 6) is 2.82. The summed E-state index contributed by atoms with van der Waals surface area (Å²) in [7, 11) is 0. The van der Waals surface area contributed by atoms with Gasteiger partial charge in [0, 0.05) is 6.42 Å². The Morgan fingerprint density at radius 2 is 2.00 bits per heavy atom. The minimum Gasteiger partial charge on any atom is -0.445 e. The number of hydrogen-bond donors (Lipinski definition) is 1. The van der Waals surface area contributed by atoms with Gasteiger partial charge in [0.05, 0.1) is 6.04 Å². The van der Waals surface area contributed by atoms with Crippen LogP contribution in [0.1, 0.15) is 55.6 Å². The van der Waals surface area contributed by atoms with Crippen LogP contribution in [0.2, 0.25) is 0 Å². The molecule has 0 aliphatic heterocycles. The van der Waals surface area contributed by atoms with Gasteiger partial charge in [0.2, 0.25) is 0 Å². The van der Waals surface area contributed by atoms with Gasteiger partial charge in [-0.2, -0.15) is 0 Å². The van der Waals surface area contributed by atoms with Crippen molar-refractivity contribution < 1.29 is 14.3 Å². The Bertz CT molecular complexity index is 695. The van der Waals surface area contributed by atoms with Gasteiger partial charge >= 0.3 is 6.09 Å². The molecule has 5 atom stereocenters. The van der Waals surface area contributed by atoms with Crippen molar-refractivity contribution >= 4 is 11.9 Å². The van der Waals surface area contributed by atoms with E-state index < -0.39 is 6.09 Å². The number of rotatable bonds is 4. The predicted molar refractivity (Wildman–Crippen MR) is 88.4 cm³/mol. The molecule has 4 fully saturated rings. The van der Waals surface area contributed by atoms with Gasteiger partial charge in [-0.05, 0) is 66.4 Å². The number of benzene rings is 1. The van der Waals surface area contributed by atoms with E-state index in [9.17, 15) is 9.59 Å². The third kappa shape index (κ3) is 2.11. The molecule has 0 aromatic heterocycles. The van der Waals surface area contributed by atoms with Crippen LogP contribution in [-0.4, -0.2) is 17.9 Å². The van der Waals surface area contributed by atoms with Crippen molar-refractivity contribution in [2.24, 2.45) is 17.3 Å². The molecular weight excluding hydrogens is 302 g/mol. The number of carbonyl (C=O) groups is 2. The highest BCUT2D eigenvalue weighted by molar-refractivity contribution is 5.92. The van der Waals surface area contributed by atoms with E-state index in [0.29, 0.717) is 6.42 Å². The lowest BCUT2D eigenvalue weighted by Gasteiger charge is -2.44. The van der Waals surface area contributed by atoms with Crippen LogP contribution in [0, 0.1) is 17.3 Å². The van der Waals surface area contributed by atoms with Crippen molar-refractivity contribution in [3.8, 4) is 0 Å². The molecule has 0 radical (unpaired) electrons. The summed E-state index contributed by atoms with van der Waals surface area (Å²) in [6, 6.07) is 8.23. The molecule has 4 nitrogen and oxygen atoms in total. The van der Waals surface area contributed by atoms with Crippen LogP contribution in [0.5, 0.6) is 0 Å². The lowest BCUT2D eigenvalue weighted by atomic mass is 9.60. The van der Waals surface area contributed by atoms with E-state index >= 15 is 0 Å². The average molecular weight is 325 g/mol. The van der Waals surface area contributed by atoms with E-state index in [0.717, 1.165) is 35.2 Å². The van der Waals surface area contributed by atoms with Crippen molar-refractivity contribution in [3.63, 3.8) is 0 Å². The minimum atomic E-state index is -0.496. The molecule has 0 saturated heterocycles. The molecule has 1 amide bonds. The Balaban J connectivity index is 1.14. The highest BCUT2D eigenvalue weighted by Gasteiger charge is 2.70. The van der Waals surface area contributed by atoms with Gasteiger partial charge in [-0.1, -0.05) is 24.3 Å². The molecule has 1 spiro atoms. The van der Waals surface area contributed by atoms with Crippen LogP contribution < -0.4 is 5.32 Å². The van der Waals surface area contributed by atoms with Gasteiger partial charge in [0.15, 0.2) is 5.78 Å². The van der Waals surface area contributed by atoms with Gasteiger partial charge in [0.1, 0.15) is 6.61 Å². The Morgan fingerprint density at radius 3 is 2.62 bits per heavy atom. The number of nitrogens with one attached hydrogen (secondary N) is 1. The van der Waals surface area contributed by atoms with E-state index in [-0.39, 0.29) is 18.4 Å². The zero-order valence-corrected chi connectivity index (χ0v) is 13.8. The first kappa shape index (κ1) is 14.5. The van der Waals surface area contributed by atoms with Gasteiger partial charge < -0.3 is 10.1 Å². The van der Waals surface area contributed by atoms with E-state index in [2.05, 4.69) is 29.6 Å². The van der Waals surface area contributed by atoms with E-state index in [4.69, 9.17) is 4.74 Å². The van der Waals surface area contributed by atoms with Crippen molar-refractivity contribution in [2.75, 3.05) is 0 Å². The molecule has 1 aromatic carbocycles. The van der Waals surface area contributed by atoms with Gasteiger partial charge in [-0.15, -0.1) is 0 Å². The molecule has 1 N–H and O–H groups in total. The van der Waals surface area contributed by atoms with E-state index in [1.54, 1.807) is 0 Å². The fourth-order valence-electron chi connectivity index (χ4n) is 5.41. The summed E-state index contributed by atoms with van der Waals surface area (Å²) < 4.78 is 5.21. The number of amides is 1. The number of hydrogen-bond acceptors (Lipinski definition) is 3. The van der Waals surface area contributed by atoms with Crippen LogP contribution in [0.15, 0.2) is 24.3 Å². The SMILES string of the molecule is O=C(N[C@H]1CCC1=O)OCc1ccc(C2CC34CC3CCC24)cc1. The zero-order chi connectivity index (χ0) is 16.3. The number of ether oxygens (including phenoxy) is 1. The van der Waals surface area contributed by atoms with Gasteiger partial charge in [-0.3, -0.25) is 4.79 Å². The highest BCUT2D eigenvalue weighted by atomic mass is 16.5. The molecule has 0 bridgehead atoms. The van der Waals surface area contributed by atoms with Gasteiger partial charge in [-0.25, -0.2) is 4.79 Å². The molecule has 4 aliphatic rings. The van der Waals surface area contributed by atoms with Crippen molar-refractivity contribution in [3.05, 3.63) is 35.4 Å². The second-order valence-corrected chi connectivity index (χ2v) is 8.15. The standard InChI is InChI=1S/C20H23NO3/c22-18-8-7-17(18)21-19(23)24-11-12-1-3-13(4-2-12)15-10-20-9-14(20)5-6-16(15)20/h1-4,14-17H,5-11H2,(H,21,23)/t14?,15?,16?,17-,20?/m0/s1. The maximum absolute atomic E-state index is 11.7. The lowest BCUT2D eigenvalue weighted by Crippen LogP contribution is -2.47. The molecule has 24 heavy (non-hydrogen) atoms. The van der Waals surface area contributed by atoms with Crippen LogP contribution in [0.25, 0.3) is 0 Å². The molecule has 4 heteroatoms. The van der Waals surface area contributed by atoms with Crippen molar-refractivity contribution in [2.45, 2.75) is 57.1 Å². The average Bonchev–Trinajstić information content (AvgIpc) is 3.25. The normalized spacial score (nSPS) is 38.4. The third-order valence-corrected chi connectivity index (χ3v) is 7.07. The molecule has 0 heterocycles. The Morgan fingerprint density at radius 1 is 1.17 bits per heavy atom. The quantitative estimate of drug-likeness (QED) is 0.921. The van der Waals surface area contributed by atoms with Gasteiger partial charge in [0.25, 0.3) is 0 Å². The van der Waals surface area contributed by atoms with E-state index in [1.807, 2.05) is 0 Å². The summed E-state index contributed by atoms with van der Waals surface area (Å²) >= 11 is 0. The summed E-state index contributed by atoms with van der Waals surface area (Å²) in [5, 5.41) is 2.61. The second kappa shape index (κ2) is 5.08. The van der Waals surface area contributed by atoms with E-state index in [1.165, 1.54) is 31.2 Å². The summed E-state index contributed by atoms with van der Waals surface area (Å²) in [6.07, 6.45) is 6.54. The largest absolute Gasteiger partial charge is 0.445 e.